The minimum atomic E-state index is 0.100. The van der Waals surface area contributed by atoms with E-state index in [4.69, 9.17) is 0 Å². The highest BCUT2D eigenvalue weighted by Gasteiger charge is 2.16. The summed E-state index contributed by atoms with van der Waals surface area (Å²) in [6.07, 6.45) is 3.56. The third-order valence-corrected chi connectivity index (χ3v) is 3.07. The first-order chi connectivity index (χ1) is 7.11. The van der Waals surface area contributed by atoms with Crippen LogP contribution in [0.3, 0.4) is 0 Å². The number of hydrogen-bond donors (Lipinski definition) is 1. The van der Waals surface area contributed by atoms with E-state index in [9.17, 15) is 4.79 Å². The highest BCUT2D eigenvalue weighted by atomic mass is 16.2. The number of carbonyl (C=O) groups is 1. The lowest BCUT2D eigenvalue weighted by molar-refractivity contribution is 0.182. The molecule has 0 spiro atoms. The Balaban J connectivity index is 2.22. The Morgan fingerprint density at radius 2 is 1.93 bits per heavy atom. The molecule has 1 aliphatic rings. The SMILES string of the molecule is CC(CNC(=O)N1CCCCC1)N(C)C. The lowest BCUT2D eigenvalue weighted by Gasteiger charge is -2.28. The molecule has 2 amide bonds. The van der Waals surface area contributed by atoms with Gasteiger partial charge < -0.3 is 15.1 Å². The Morgan fingerprint density at radius 3 is 2.47 bits per heavy atom. The van der Waals surface area contributed by atoms with Crippen molar-refractivity contribution in [1.82, 2.24) is 15.1 Å². The fraction of sp³-hybridized carbons (Fsp3) is 0.909. The van der Waals surface area contributed by atoms with E-state index in [0.717, 1.165) is 32.5 Å². The van der Waals surface area contributed by atoms with Gasteiger partial charge in [-0.15, -0.1) is 0 Å². The zero-order chi connectivity index (χ0) is 11.3. The van der Waals surface area contributed by atoms with Gasteiger partial charge in [0.1, 0.15) is 0 Å². The van der Waals surface area contributed by atoms with Crippen molar-refractivity contribution in [2.75, 3.05) is 33.7 Å². The van der Waals surface area contributed by atoms with E-state index in [0.29, 0.717) is 6.04 Å². The van der Waals surface area contributed by atoms with Crippen LogP contribution in [-0.4, -0.2) is 55.6 Å². The molecule has 0 aliphatic carbocycles. The number of hydrogen-bond acceptors (Lipinski definition) is 2. The van der Waals surface area contributed by atoms with Crippen LogP contribution in [0.25, 0.3) is 0 Å². The maximum atomic E-state index is 11.7. The van der Waals surface area contributed by atoms with Gasteiger partial charge >= 0.3 is 6.03 Å². The van der Waals surface area contributed by atoms with Gasteiger partial charge in [-0.05, 0) is 40.3 Å². The molecule has 1 unspecified atom stereocenters. The Kier molecular flexibility index (Phi) is 4.88. The first-order valence-electron chi connectivity index (χ1n) is 5.80. The minimum absolute atomic E-state index is 0.100. The van der Waals surface area contributed by atoms with E-state index >= 15 is 0 Å². The Morgan fingerprint density at radius 1 is 1.33 bits per heavy atom. The van der Waals surface area contributed by atoms with Gasteiger partial charge in [-0.3, -0.25) is 0 Å². The second-order valence-corrected chi connectivity index (χ2v) is 4.55. The Labute approximate surface area is 92.6 Å². The van der Waals surface area contributed by atoms with Crippen molar-refractivity contribution in [3.8, 4) is 0 Å². The minimum Gasteiger partial charge on any atom is -0.336 e. The van der Waals surface area contributed by atoms with Crippen molar-refractivity contribution in [2.45, 2.75) is 32.2 Å². The summed E-state index contributed by atoms with van der Waals surface area (Å²) in [5.74, 6) is 0. The number of likely N-dealkylation sites (tertiary alicyclic amines) is 1. The number of amides is 2. The largest absolute Gasteiger partial charge is 0.336 e. The van der Waals surface area contributed by atoms with Crippen molar-refractivity contribution in [3.63, 3.8) is 0 Å². The van der Waals surface area contributed by atoms with E-state index in [2.05, 4.69) is 17.1 Å². The normalized spacial score (nSPS) is 19.1. The highest BCUT2D eigenvalue weighted by molar-refractivity contribution is 5.74. The molecule has 0 aromatic carbocycles. The number of nitrogens with zero attached hydrogens (tertiary/aromatic N) is 2. The molecule has 1 heterocycles. The summed E-state index contributed by atoms with van der Waals surface area (Å²) in [4.78, 5) is 15.8. The summed E-state index contributed by atoms with van der Waals surface area (Å²) in [6, 6.07) is 0.488. The number of nitrogens with one attached hydrogen (secondary N) is 1. The van der Waals surface area contributed by atoms with Gasteiger partial charge in [-0.1, -0.05) is 0 Å². The molecule has 1 N–H and O–H groups in total. The molecule has 88 valence electrons. The summed E-state index contributed by atoms with van der Waals surface area (Å²) in [7, 11) is 4.05. The van der Waals surface area contributed by atoms with Crippen LogP contribution in [0.1, 0.15) is 26.2 Å². The standard InChI is InChI=1S/C11H23N3O/c1-10(13(2)3)9-12-11(15)14-7-5-4-6-8-14/h10H,4-9H2,1-3H3,(H,12,15). The van der Waals surface area contributed by atoms with E-state index in [1.807, 2.05) is 19.0 Å². The quantitative estimate of drug-likeness (QED) is 0.763. The van der Waals surface area contributed by atoms with Gasteiger partial charge in [-0.2, -0.15) is 0 Å². The number of likely N-dealkylation sites (N-methyl/N-ethyl adjacent to an activating group) is 1. The summed E-state index contributed by atoms with van der Waals surface area (Å²) in [6.45, 7) is 4.67. The van der Waals surface area contributed by atoms with Crippen LogP contribution in [0.15, 0.2) is 0 Å². The van der Waals surface area contributed by atoms with E-state index < -0.39 is 0 Å². The molecule has 1 fully saturated rings. The van der Waals surface area contributed by atoms with Crippen LogP contribution in [0.5, 0.6) is 0 Å². The zero-order valence-corrected chi connectivity index (χ0v) is 10.1. The number of urea groups is 1. The summed E-state index contributed by atoms with van der Waals surface area (Å²) >= 11 is 0. The average molecular weight is 213 g/mol. The Bertz CT molecular complexity index is 200. The van der Waals surface area contributed by atoms with Gasteiger partial charge in [0.25, 0.3) is 0 Å². The van der Waals surface area contributed by atoms with Gasteiger partial charge in [0, 0.05) is 25.7 Å². The third kappa shape index (κ3) is 4.08. The Hall–Kier alpha value is -0.770. The third-order valence-electron chi connectivity index (χ3n) is 3.07. The predicted molar refractivity (Wildman–Crippen MR) is 62.0 cm³/mol. The second-order valence-electron chi connectivity index (χ2n) is 4.55. The average Bonchev–Trinajstić information content (AvgIpc) is 2.26. The van der Waals surface area contributed by atoms with E-state index in [-0.39, 0.29) is 6.03 Å². The summed E-state index contributed by atoms with van der Waals surface area (Å²) < 4.78 is 0. The zero-order valence-electron chi connectivity index (χ0n) is 10.1. The van der Waals surface area contributed by atoms with Crippen LogP contribution in [0, 0.1) is 0 Å². The lowest BCUT2D eigenvalue weighted by Crippen LogP contribution is -2.46. The monoisotopic (exact) mass is 213 g/mol. The maximum absolute atomic E-state index is 11.7. The fourth-order valence-corrected chi connectivity index (χ4v) is 1.63. The molecule has 0 bridgehead atoms. The lowest BCUT2D eigenvalue weighted by atomic mass is 10.1. The summed E-state index contributed by atoms with van der Waals surface area (Å²) in [5.41, 5.74) is 0. The number of piperidine rings is 1. The molecule has 1 aliphatic heterocycles. The van der Waals surface area contributed by atoms with E-state index in [1.165, 1.54) is 6.42 Å². The molecule has 0 saturated carbocycles. The van der Waals surface area contributed by atoms with Gasteiger partial charge in [0.05, 0.1) is 0 Å². The van der Waals surface area contributed by atoms with Crippen LogP contribution < -0.4 is 5.32 Å². The predicted octanol–water partition coefficient (Wildman–Crippen LogP) is 1.13. The summed E-state index contributed by atoms with van der Waals surface area (Å²) in [5, 5.41) is 2.98. The van der Waals surface area contributed by atoms with Crippen LogP contribution in [-0.2, 0) is 0 Å². The molecular formula is C11H23N3O. The molecule has 15 heavy (non-hydrogen) atoms. The molecule has 0 radical (unpaired) electrons. The number of rotatable bonds is 3. The first kappa shape index (κ1) is 12.3. The van der Waals surface area contributed by atoms with Gasteiger partial charge in [0.2, 0.25) is 0 Å². The van der Waals surface area contributed by atoms with Crippen molar-refractivity contribution in [2.24, 2.45) is 0 Å². The van der Waals surface area contributed by atoms with Crippen molar-refractivity contribution < 1.29 is 4.79 Å². The van der Waals surface area contributed by atoms with Crippen LogP contribution in [0.2, 0.25) is 0 Å². The van der Waals surface area contributed by atoms with Crippen molar-refractivity contribution in [3.05, 3.63) is 0 Å². The smallest absolute Gasteiger partial charge is 0.317 e. The topological polar surface area (TPSA) is 35.6 Å². The van der Waals surface area contributed by atoms with E-state index in [1.54, 1.807) is 0 Å². The molecule has 1 saturated heterocycles. The maximum Gasteiger partial charge on any atom is 0.317 e. The number of carbonyl (C=O) groups excluding carboxylic acids is 1. The molecule has 4 nitrogen and oxygen atoms in total. The molecule has 1 rings (SSSR count). The van der Waals surface area contributed by atoms with Crippen molar-refractivity contribution >= 4 is 6.03 Å². The molecule has 4 heteroatoms. The van der Waals surface area contributed by atoms with Crippen LogP contribution in [0.4, 0.5) is 4.79 Å². The molecular weight excluding hydrogens is 190 g/mol. The molecule has 1 atom stereocenters. The van der Waals surface area contributed by atoms with Crippen LogP contribution >= 0.6 is 0 Å². The molecule has 0 aromatic heterocycles. The fourth-order valence-electron chi connectivity index (χ4n) is 1.63. The highest BCUT2D eigenvalue weighted by Crippen LogP contribution is 2.08. The first-order valence-corrected chi connectivity index (χ1v) is 5.80. The van der Waals surface area contributed by atoms with Crippen molar-refractivity contribution in [1.29, 1.82) is 0 Å². The van der Waals surface area contributed by atoms with Gasteiger partial charge in [0.15, 0.2) is 0 Å². The molecule has 0 aromatic rings. The second kappa shape index (κ2) is 5.95. The van der Waals surface area contributed by atoms with Gasteiger partial charge in [-0.25, -0.2) is 4.79 Å².